The van der Waals surface area contributed by atoms with Crippen LogP contribution < -0.4 is 15.0 Å². The van der Waals surface area contributed by atoms with E-state index in [4.69, 9.17) is 9.47 Å². The van der Waals surface area contributed by atoms with Crippen LogP contribution in [-0.4, -0.2) is 50.4 Å². The van der Waals surface area contributed by atoms with Gasteiger partial charge in [-0.05, 0) is 64.5 Å². The Morgan fingerprint density at radius 1 is 1.00 bits per heavy atom. The first-order valence-electron chi connectivity index (χ1n) is 11.9. The first kappa shape index (κ1) is 23.0. The molecule has 1 N–H and O–H groups in total. The molecule has 1 fully saturated rings. The maximum absolute atomic E-state index is 13.0. The van der Waals surface area contributed by atoms with Gasteiger partial charge in [0, 0.05) is 24.2 Å². The Balaban J connectivity index is 1.39. The summed E-state index contributed by atoms with van der Waals surface area (Å²) in [6.07, 6.45) is 4.63. The normalized spacial score (nSPS) is 14.1. The molecule has 9 heteroatoms. The van der Waals surface area contributed by atoms with Gasteiger partial charge in [0.05, 0.1) is 32.8 Å². The zero-order valence-corrected chi connectivity index (χ0v) is 20.1. The third kappa shape index (κ3) is 5.19. The Bertz CT molecular complexity index is 1340. The average Bonchev–Trinajstić information content (AvgIpc) is 3.57. The number of fused-ring (bicyclic) bond motifs is 1. The van der Waals surface area contributed by atoms with Crippen LogP contribution in [0, 0.1) is 0 Å². The summed E-state index contributed by atoms with van der Waals surface area (Å²) in [5.74, 6) is 2.32. The van der Waals surface area contributed by atoms with Crippen molar-refractivity contribution in [2.45, 2.75) is 51.4 Å². The third-order valence-electron chi connectivity index (χ3n) is 6.79. The van der Waals surface area contributed by atoms with Crippen molar-refractivity contribution in [1.82, 2.24) is 30.1 Å². The van der Waals surface area contributed by atoms with E-state index in [1.54, 1.807) is 14.2 Å². The topological polar surface area (TPSA) is 98.2 Å². The number of hydrogen-bond donors (Lipinski definition) is 1. The van der Waals surface area contributed by atoms with Gasteiger partial charge in [-0.3, -0.25) is 9.69 Å². The first-order chi connectivity index (χ1) is 17.1. The van der Waals surface area contributed by atoms with E-state index in [0.29, 0.717) is 25.7 Å². The monoisotopic (exact) mass is 474 g/mol. The van der Waals surface area contributed by atoms with Crippen LogP contribution in [0.1, 0.15) is 42.6 Å². The Kier molecular flexibility index (Phi) is 6.76. The van der Waals surface area contributed by atoms with Crippen LogP contribution in [0.3, 0.4) is 0 Å². The molecule has 0 aliphatic heterocycles. The highest BCUT2D eigenvalue weighted by molar-refractivity contribution is 5.80. The first-order valence-corrected chi connectivity index (χ1v) is 11.9. The quantitative estimate of drug-likeness (QED) is 0.396. The number of rotatable bonds is 9. The fourth-order valence-corrected chi connectivity index (χ4v) is 4.82. The van der Waals surface area contributed by atoms with E-state index in [0.717, 1.165) is 52.2 Å². The molecule has 0 saturated heterocycles. The van der Waals surface area contributed by atoms with Gasteiger partial charge in [0.25, 0.3) is 5.56 Å². The van der Waals surface area contributed by atoms with Gasteiger partial charge >= 0.3 is 0 Å². The number of benzene rings is 2. The Morgan fingerprint density at radius 3 is 2.49 bits per heavy atom. The van der Waals surface area contributed by atoms with Gasteiger partial charge in [-0.2, -0.15) is 0 Å². The van der Waals surface area contributed by atoms with E-state index < -0.39 is 0 Å². The molecule has 35 heavy (non-hydrogen) atoms. The van der Waals surface area contributed by atoms with Crippen LogP contribution in [0.15, 0.2) is 53.3 Å². The molecule has 2 aromatic carbocycles. The zero-order chi connectivity index (χ0) is 24.2. The second-order valence-electron chi connectivity index (χ2n) is 9.02. The molecule has 0 spiro atoms. The lowest BCUT2D eigenvalue weighted by molar-refractivity contribution is 0.172. The van der Waals surface area contributed by atoms with Gasteiger partial charge in [0.15, 0.2) is 5.82 Å². The molecule has 1 saturated carbocycles. The summed E-state index contributed by atoms with van der Waals surface area (Å²) in [4.78, 5) is 18.3. The molecule has 9 nitrogen and oxygen atoms in total. The summed E-state index contributed by atoms with van der Waals surface area (Å²) in [6, 6.07) is 16.0. The number of H-pyrrole nitrogens is 1. The molecule has 0 bridgehead atoms. The van der Waals surface area contributed by atoms with E-state index in [1.807, 2.05) is 53.2 Å². The molecule has 0 unspecified atom stereocenters. The average molecular weight is 475 g/mol. The number of pyridine rings is 1. The van der Waals surface area contributed by atoms with Crippen LogP contribution >= 0.6 is 0 Å². The fourth-order valence-electron chi connectivity index (χ4n) is 4.82. The van der Waals surface area contributed by atoms with Crippen LogP contribution in [0.5, 0.6) is 11.5 Å². The van der Waals surface area contributed by atoms with Gasteiger partial charge < -0.3 is 14.5 Å². The number of nitrogens with one attached hydrogen (secondary N) is 1. The summed E-state index contributed by atoms with van der Waals surface area (Å²) in [5, 5.41) is 13.5. The number of aromatic nitrogens is 5. The standard InChI is InChI=1S/C26H30N6O3/c1-34-22-10-7-18(8-11-22)15-32-25(28-29-30-32)17-31(21-5-3-4-6-21)16-20-13-19-9-12-23(35-2)14-24(19)27-26(20)33/h7-14,21H,3-6,15-17H2,1-2H3,(H,27,33). The number of hydrogen-bond acceptors (Lipinski definition) is 7. The van der Waals surface area contributed by atoms with E-state index in [-0.39, 0.29) is 5.56 Å². The second-order valence-corrected chi connectivity index (χ2v) is 9.02. The van der Waals surface area contributed by atoms with E-state index in [2.05, 4.69) is 25.4 Å². The van der Waals surface area contributed by atoms with Crippen LogP contribution in [0.25, 0.3) is 10.9 Å². The smallest absolute Gasteiger partial charge is 0.252 e. The van der Waals surface area contributed by atoms with Crippen molar-refractivity contribution in [1.29, 1.82) is 0 Å². The van der Waals surface area contributed by atoms with Crippen molar-refractivity contribution in [2.75, 3.05) is 14.2 Å². The van der Waals surface area contributed by atoms with Gasteiger partial charge in [-0.1, -0.05) is 25.0 Å². The Labute approximate surface area is 203 Å². The molecule has 1 aliphatic rings. The Hall–Kier alpha value is -3.72. The number of tetrazole rings is 1. The molecule has 1 aliphatic carbocycles. The van der Waals surface area contributed by atoms with Crippen molar-refractivity contribution in [3.63, 3.8) is 0 Å². The van der Waals surface area contributed by atoms with Gasteiger partial charge in [-0.25, -0.2) is 4.68 Å². The largest absolute Gasteiger partial charge is 0.497 e. The second kappa shape index (κ2) is 10.3. The molecule has 182 valence electrons. The predicted octanol–water partition coefficient (Wildman–Crippen LogP) is 3.52. The van der Waals surface area contributed by atoms with Crippen LogP contribution in [0.2, 0.25) is 0 Å². The highest BCUT2D eigenvalue weighted by Gasteiger charge is 2.25. The Morgan fingerprint density at radius 2 is 1.74 bits per heavy atom. The van der Waals surface area contributed by atoms with Gasteiger partial charge in [0.2, 0.25) is 0 Å². The number of methoxy groups -OCH3 is 2. The molecule has 0 radical (unpaired) electrons. The molecule has 4 aromatic rings. The lowest BCUT2D eigenvalue weighted by Gasteiger charge is -2.28. The van der Waals surface area contributed by atoms with Gasteiger partial charge in [0.1, 0.15) is 11.5 Å². The minimum atomic E-state index is -0.0772. The lowest BCUT2D eigenvalue weighted by atomic mass is 10.1. The van der Waals surface area contributed by atoms with Gasteiger partial charge in [-0.15, -0.1) is 5.10 Å². The lowest BCUT2D eigenvalue weighted by Crippen LogP contribution is -2.35. The van der Waals surface area contributed by atoms with Crippen molar-refractivity contribution >= 4 is 10.9 Å². The molecular formula is C26H30N6O3. The van der Waals surface area contributed by atoms with Crippen LogP contribution in [-0.2, 0) is 19.6 Å². The van der Waals surface area contributed by atoms with E-state index >= 15 is 0 Å². The van der Waals surface area contributed by atoms with Crippen molar-refractivity contribution in [3.05, 3.63) is 75.8 Å². The minimum absolute atomic E-state index is 0.0772. The molecule has 0 atom stereocenters. The van der Waals surface area contributed by atoms with Crippen molar-refractivity contribution in [2.24, 2.45) is 0 Å². The summed E-state index contributed by atoms with van der Waals surface area (Å²) >= 11 is 0. The highest BCUT2D eigenvalue weighted by Crippen LogP contribution is 2.27. The highest BCUT2D eigenvalue weighted by atomic mass is 16.5. The number of aromatic amines is 1. The summed E-state index contributed by atoms with van der Waals surface area (Å²) < 4.78 is 12.4. The molecule has 5 rings (SSSR count). The maximum Gasteiger partial charge on any atom is 0.252 e. The third-order valence-corrected chi connectivity index (χ3v) is 6.79. The summed E-state index contributed by atoms with van der Waals surface area (Å²) in [6.45, 7) is 1.69. The molecular weight excluding hydrogens is 444 g/mol. The minimum Gasteiger partial charge on any atom is -0.497 e. The maximum atomic E-state index is 13.0. The van der Waals surface area contributed by atoms with E-state index in [1.165, 1.54) is 12.8 Å². The SMILES string of the molecule is COc1ccc(Cn2nnnc2CN(Cc2cc3ccc(OC)cc3[nH]c2=O)C2CCCC2)cc1. The molecule has 2 aromatic heterocycles. The van der Waals surface area contributed by atoms with Crippen molar-refractivity contribution in [3.8, 4) is 11.5 Å². The van der Waals surface area contributed by atoms with Crippen molar-refractivity contribution < 1.29 is 9.47 Å². The fraction of sp³-hybridized carbons (Fsp3) is 0.385. The number of nitrogens with zero attached hydrogens (tertiary/aromatic N) is 5. The molecule has 2 heterocycles. The zero-order valence-electron chi connectivity index (χ0n) is 20.1. The predicted molar refractivity (Wildman–Crippen MR) is 133 cm³/mol. The molecule has 0 amide bonds. The van der Waals surface area contributed by atoms with Crippen LogP contribution in [0.4, 0.5) is 0 Å². The number of ether oxygens (including phenoxy) is 2. The summed E-state index contributed by atoms with van der Waals surface area (Å²) in [7, 11) is 3.28. The van der Waals surface area contributed by atoms with E-state index in [9.17, 15) is 4.79 Å². The summed E-state index contributed by atoms with van der Waals surface area (Å²) in [5.41, 5.74) is 2.53.